The highest BCUT2D eigenvalue weighted by atomic mass is 79.9. The van der Waals surface area contributed by atoms with Crippen molar-refractivity contribution in [1.29, 1.82) is 0 Å². The Morgan fingerprint density at radius 1 is 1.62 bits per heavy atom. The SMILES string of the molecule is C[C@@H]1COc2c(Br)cncc2CN1. The van der Waals surface area contributed by atoms with Crippen LogP contribution in [0.3, 0.4) is 0 Å². The van der Waals surface area contributed by atoms with Crippen LogP contribution in [-0.2, 0) is 6.54 Å². The number of nitrogens with zero attached hydrogens (tertiary/aromatic N) is 1. The minimum absolute atomic E-state index is 0.388. The summed E-state index contributed by atoms with van der Waals surface area (Å²) in [7, 11) is 0. The van der Waals surface area contributed by atoms with Crippen molar-refractivity contribution in [3.05, 3.63) is 22.4 Å². The third-order valence-electron chi connectivity index (χ3n) is 2.05. The van der Waals surface area contributed by atoms with E-state index in [9.17, 15) is 0 Å². The van der Waals surface area contributed by atoms with Crippen LogP contribution in [0.15, 0.2) is 16.9 Å². The van der Waals surface area contributed by atoms with Crippen LogP contribution in [0.5, 0.6) is 5.75 Å². The van der Waals surface area contributed by atoms with Crippen LogP contribution in [0.25, 0.3) is 0 Å². The molecule has 2 heterocycles. The van der Waals surface area contributed by atoms with Gasteiger partial charge in [-0.3, -0.25) is 4.98 Å². The van der Waals surface area contributed by atoms with E-state index in [-0.39, 0.29) is 0 Å². The maximum Gasteiger partial charge on any atom is 0.141 e. The van der Waals surface area contributed by atoms with E-state index < -0.39 is 0 Å². The molecule has 1 atom stereocenters. The van der Waals surface area contributed by atoms with Gasteiger partial charge < -0.3 is 10.1 Å². The summed E-state index contributed by atoms with van der Waals surface area (Å²) in [5.41, 5.74) is 1.11. The number of nitrogens with one attached hydrogen (secondary N) is 1. The summed E-state index contributed by atoms with van der Waals surface area (Å²) in [6, 6.07) is 0.388. The first kappa shape index (κ1) is 8.97. The summed E-state index contributed by atoms with van der Waals surface area (Å²) in [4.78, 5) is 4.10. The molecule has 13 heavy (non-hydrogen) atoms. The van der Waals surface area contributed by atoms with Crippen molar-refractivity contribution in [3.63, 3.8) is 0 Å². The van der Waals surface area contributed by atoms with Crippen LogP contribution in [0, 0.1) is 0 Å². The van der Waals surface area contributed by atoms with E-state index in [2.05, 4.69) is 33.2 Å². The highest BCUT2D eigenvalue weighted by molar-refractivity contribution is 9.10. The Labute approximate surface area is 85.6 Å². The first-order valence-corrected chi connectivity index (χ1v) is 5.05. The molecule has 70 valence electrons. The van der Waals surface area contributed by atoms with Gasteiger partial charge in [0, 0.05) is 30.5 Å². The standard InChI is InChI=1S/C9H11BrN2O/c1-6-5-13-9-7(3-12-6)2-11-4-8(9)10/h2,4,6,12H,3,5H2,1H3/t6-/m1/s1. The Morgan fingerprint density at radius 2 is 2.46 bits per heavy atom. The molecule has 0 saturated heterocycles. The lowest BCUT2D eigenvalue weighted by Crippen LogP contribution is -2.28. The van der Waals surface area contributed by atoms with E-state index in [0.717, 1.165) is 22.3 Å². The lowest BCUT2D eigenvalue weighted by molar-refractivity contribution is 0.286. The van der Waals surface area contributed by atoms with E-state index in [1.54, 1.807) is 6.20 Å². The number of hydrogen-bond donors (Lipinski definition) is 1. The van der Waals surface area contributed by atoms with Gasteiger partial charge in [-0.05, 0) is 22.9 Å². The van der Waals surface area contributed by atoms with Crippen molar-refractivity contribution in [1.82, 2.24) is 10.3 Å². The molecule has 0 radical (unpaired) electrons. The van der Waals surface area contributed by atoms with Crippen LogP contribution >= 0.6 is 15.9 Å². The largest absolute Gasteiger partial charge is 0.490 e. The minimum Gasteiger partial charge on any atom is -0.490 e. The molecule has 0 saturated carbocycles. The molecule has 0 aromatic carbocycles. The number of rotatable bonds is 0. The maximum absolute atomic E-state index is 5.64. The zero-order chi connectivity index (χ0) is 9.26. The fourth-order valence-electron chi connectivity index (χ4n) is 1.30. The molecule has 0 aliphatic carbocycles. The molecule has 0 amide bonds. The number of fused-ring (bicyclic) bond motifs is 1. The zero-order valence-electron chi connectivity index (χ0n) is 7.38. The predicted octanol–water partition coefficient (Wildman–Crippen LogP) is 1.71. The third-order valence-corrected chi connectivity index (χ3v) is 2.61. The number of aromatic nitrogens is 1. The Kier molecular flexibility index (Phi) is 2.51. The molecule has 2 rings (SSSR count). The minimum atomic E-state index is 0.388. The van der Waals surface area contributed by atoms with Crippen molar-refractivity contribution in [3.8, 4) is 5.75 Å². The highest BCUT2D eigenvalue weighted by Crippen LogP contribution is 2.29. The van der Waals surface area contributed by atoms with Gasteiger partial charge in [-0.1, -0.05) is 0 Å². The van der Waals surface area contributed by atoms with Gasteiger partial charge in [0.05, 0.1) is 4.47 Å². The molecular formula is C9H11BrN2O. The lowest BCUT2D eigenvalue weighted by atomic mass is 10.2. The molecule has 3 nitrogen and oxygen atoms in total. The third kappa shape index (κ3) is 1.84. The normalized spacial score (nSPS) is 21.5. The fraction of sp³-hybridized carbons (Fsp3) is 0.444. The van der Waals surface area contributed by atoms with Gasteiger partial charge in [0.1, 0.15) is 12.4 Å². The van der Waals surface area contributed by atoms with Gasteiger partial charge in [-0.15, -0.1) is 0 Å². The monoisotopic (exact) mass is 242 g/mol. The molecule has 1 aliphatic rings. The Balaban J connectivity index is 2.35. The average molecular weight is 243 g/mol. The Bertz CT molecular complexity index is 316. The first-order chi connectivity index (χ1) is 6.27. The smallest absolute Gasteiger partial charge is 0.141 e. The van der Waals surface area contributed by atoms with E-state index in [1.807, 2.05) is 6.20 Å². The van der Waals surface area contributed by atoms with Gasteiger partial charge in [0.25, 0.3) is 0 Å². The van der Waals surface area contributed by atoms with Crippen molar-refractivity contribution < 1.29 is 4.74 Å². The van der Waals surface area contributed by atoms with E-state index in [1.165, 1.54) is 0 Å². The van der Waals surface area contributed by atoms with Crippen LogP contribution < -0.4 is 10.1 Å². The summed E-state index contributed by atoms with van der Waals surface area (Å²) < 4.78 is 6.57. The predicted molar refractivity (Wildman–Crippen MR) is 53.7 cm³/mol. The van der Waals surface area contributed by atoms with E-state index in [0.29, 0.717) is 12.6 Å². The Hall–Kier alpha value is -0.610. The number of ether oxygens (including phenoxy) is 1. The second-order valence-electron chi connectivity index (χ2n) is 3.20. The molecule has 1 N–H and O–H groups in total. The van der Waals surface area contributed by atoms with Gasteiger partial charge in [-0.25, -0.2) is 0 Å². The maximum atomic E-state index is 5.64. The quantitative estimate of drug-likeness (QED) is 0.753. The van der Waals surface area contributed by atoms with Crippen LogP contribution in [-0.4, -0.2) is 17.6 Å². The average Bonchev–Trinajstić information content (AvgIpc) is 2.30. The van der Waals surface area contributed by atoms with Crippen molar-refractivity contribution >= 4 is 15.9 Å². The second kappa shape index (κ2) is 3.64. The molecule has 0 bridgehead atoms. The molecule has 1 aromatic rings. The summed E-state index contributed by atoms with van der Waals surface area (Å²) in [6.45, 7) is 3.63. The summed E-state index contributed by atoms with van der Waals surface area (Å²) in [5, 5.41) is 3.34. The molecule has 0 fully saturated rings. The van der Waals surface area contributed by atoms with Crippen LogP contribution in [0.2, 0.25) is 0 Å². The van der Waals surface area contributed by atoms with Crippen molar-refractivity contribution in [2.45, 2.75) is 19.5 Å². The number of halogens is 1. The van der Waals surface area contributed by atoms with Crippen LogP contribution in [0.4, 0.5) is 0 Å². The second-order valence-corrected chi connectivity index (χ2v) is 4.06. The first-order valence-electron chi connectivity index (χ1n) is 4.26. The number of pyridine rings is 1. The van der Waals surface area contributed by atoms with E-state index >= 15 is 0 Å². The lowest BCUT2D eigenvalue weighted by Gasteiger charge is -2.08. The van der Waals surface area contributed by atoms with Gasteiger partial charge in [-0.2, -0.15) is 0 Å². The van der Waals surface area contributed by atoms with Crippen molar-refractivity contribution in [2.75, 3.05) is 6.61 Å². The molecule has 1 aromatic heterocycles. The molecular weight excluding hydrogens is 232 g/mol. The highest BCUT2D eigenvalue weighted by Gasteiger charge is 2.15. The van der Waals surface area contributed by atoms with Crippen LogP contribution in [0.1, 0.15) is 12.5 Å². The molecule has 1 aliphatic heterocycles. The molecule has 0 spiro atoms. The number of hydrogen-bond acceptors (Lipinski definition) is 3. The Morgan fingerprint density at radius 3 is 3.31 bits per heavy atom. The van der Waals surface area contributed by atoms with Gasteiger partial charge in [0.2, 0.25) is 0 Å². The molecule has 0 unspecified atom stereocenters. The topological polar surface area (TPSA) is 34.1 Å². The van der Waals surface area contributed by atoms with Gasteiger partial charge >= 0.3 is 0 Å². The zero-order valence-corrected chi connectivity index (χ0v) is 8.97. The van der Waals surface area contributed by atoms with E-state index in [4.69, 9.17) is 4.74 Å². The van der Waals surface area contributed by atoms with Gasteiger partial charge in [0.15, 0.2) is 0 Å². The van der Waals surface area contributed by atoms with Crippen molar-refractivity contribution in [2.24, 2.45) is 0 Å². The summed E-state index contributed by atoms with van der Waals surface area (Å²) in [5.74, 6) is 0.923. The molecule has 4 heteroatoms. The fourth-order valence-corrected chi connectivity index (χ4v) is 1.79. The summed E-state index contributed by atoms with van der Waals surface area (Å²) >= 11 is 3.42. The summed E-state index contributed by atoms with van der Waals surface area (Å²) in [6.07, 6.45) is 3.60.